The summed E-state index contributed by atoms with van der Waals surface area (Å²) in [6, 6.07) is 29.9. The number of aryl methyl sites for hydroxylation is 1. The second kappa shape index (κ2) is 10.3. The number of nitrogens with zero attached hydrogens (tertiary/aromatic N) is 2. The molecule has 2 aliphatic heterocycles. The third-order valence-electron chi connectivity index (χ3n) is 12.0. The number of hydrogen-bond acceptors (Lipinski definition) is 2. The maximum Gasteiger partial charge on any atom is 0.252 e. The lowest BCUT2D eigenvalue weighted by Crippen LogP contribution is -2.63. The van der Waals surface area contributed by atoms with Crippen LogP contribution in [-0.2, 0) is 16.2 Å². The molecule has 2 nitrogen and oxygen atoms in total. The van der Waals surface area contributed by atoms with E-state index in [9.17, 15) is 0 Å². The van der Waals surface area contributed by atoms with E-state index in [0.717, 1.165) is 11.8 Å². The predicted octanol–water partition coefficient (Wildman–Crippen LogP) is 9.83. The zero-order valence-corrected chi connectivity index (χ0v) is 30.5. The third-order valence-corrected chi connectivity index (χ3v) is 12.0. The van der Waals surface area contributed by atoms with Gasteiger partial charge in [-0.1, -0.05) is 105 Å². The van der Waals surface area contributed by atoms with Crippen LogP contribution < -0.4 is 26.2 Å². The first kappa shape index (κ1) is 30.9. The Morgan fingerprint density at radius 2 is 1.13 bits per heavy atom. The molecule has 2 aliphatic carbocycles. The van der Waals surface area contributed by atoms with Crippen LogP contribution in [0.3, 0.4) is 0 Å². The molecule has 0 N–H and O–H groups in total. The van der Waals surface area contributed by atoms with E-state index in [4.69, 9.17) is 0 Å². The highest BCUT2D eigenvalue weighted by molar-refractivity contribution is 7.00. The molecule has 2 fully saturated rings. The van der Waals surface area contributed by atoms with Crippen LogP contribution >= 0.6 is 0 Å². The summed E-state index contributed by atoms with van der Waals surface area (Å²) in [6.07, 6.45) is 5.52. The van der Waals surface area contributed by atoms with Crippen LogP contribution in [0.5, 0.6) is 0 Å². The van der Waals surface area contributed by atoms with Crippen LogP contribution in [0.2, 0.25) is 0 Å². The van der Waals surface area contributed by atoms with Crippen LogP contribution in [0.25, 0.3) is 0 Å². The van der Waals surface area contributed by atoms with Crippen LogP contribution in [0.1, 0.15) is 110 Å². The van der Waals surface area contributed by atoms with Gasteiger partial charge >= 0.3 is 0 Å². The smallest absolute Gasteiger partial charge is 0.252 e. The van der Waals surface area contributed by atoms with Gasteiger partial charge in [-0.25, -0.2) is 0 Å². The van der Waals surface area contributed by atoms with Crippen molar-refractivity contribution in [1.82, 2.24) is 0 Å². The van der Waals surface area contributed by atoms with Crippen LogP contribution in [0.15, 0.2) is 72.8 Å². The lowest BCUT2D eigenvalue weighted by molar-refractivity contribution is 0.413. The topological polar surface area (TPSA) is 6.48 Å². The first-order chi connectivity index (χ1) is 22.1. The Hall–Kier alpha value is -3.46. The Labute approximate surface area is 284 Å². The highest BCUT2D eigenvalue weighted by Gasteiger charge is 2.49. The molecule has 4 aromatic carbocycles. The highest BCUT2D eigenvalue weighted by Crippen LogP contribution is 2.51. The van der Waals surface area contributed by atoms with Gasteiger partial charge in [0.2, 0.25) is 0 Å². The molecular weight excluding hydrogens is 567 g/mol. The van der Waals surface area contributed by atoms with E-state index in [1.807, 2.05) is 0 Å². The van der Waals surface area contributed by atoms with E-state index in [1.165, 1.54) is 92.8 Å². The van der Waals surface area contributed by atoms with Gasteiger partial charge in [0, 0.05) is 34.5 Å². The van der Waals surface area contributed by atoms with Gasteiger partial charge in [0.1, 0.15) is 0 Å². The monoisotopic (exact) mass is 620 g/mol. The largest absolute Gasteiger partial charge is 0.339 e. The minimum absolute atomic E-state index is 0.0600. The molecule has 2 bridgehead atoms. The van der Waals surface area contributed by atoms with E-state index in [-0.39, 0.29) is 23.0 Å². The molecule has 4 aromatic rings. The molecule has 0 spiro atoms. The van der Waals surface area contributed by atoms with Crippen molar-refractivity contribution in [3.63, 3.8) is 0 Å². The summed E-state index contributed by atoms with van der Waals surface area (Å²) in [4.78, 5) is 5.43. The van der Waals surface area contributed by atoms with Gasteiger partial charge in [-0.15, -0.1) is 0 Å². The Morgan fingerprint density at radius 1 is 0.574 bits per heavy atom. The Bertz CT molecular complexity index is 1880. The molecule has 0 radical (unpaired) electrons. The molecule has 3 atom stereocenters. The van der Waals surface area contributed by atoms with Gasteiger partial charge in [0.05, 0.1) is 0 Å². The second-order valence-corrected chi connectivity index (χ2v) is 18.4. The summed E-state index contributed by atoms with van der Waals surface area (Å²) in [6.45, 7) is 23.6. The number of rotatable bonds is 2. The Kier molecular flexibility index (Phi) is 6.74. The molecule has 242 valence electrons. The van der Waals surface area contributed by atoms with Gasteiger partial charge in [-0.3, -0.25) is 0 Å². The first-order valence-corrected chi connectivity index (χ1v) is 18.2. The molecule has 0 saturated heterocycles. The van der Waals surface area contributed by atoms with Crippen LogP contribution in [0, 0.1) is 18.8 Å². The molecule has 4 aliphatic rings. The molecule has 47 heavy (non-hydrogen) atoms. The number of anilines is 5. The summed E-state index contributed by atoms with van der Waals surface area (Å²) in [5.41, 5.74) is 17.0. The Morgan fingerprint density at radius 3 is 1.68 bits per heavy atom. The Balaban J connectivity index is 1.43. The van der Waals surface area contributed by atoms with Crippen molar-refractivity contribution >= 4 is 51.5 Å². The van der Waals surface area contributed by atoms with Crippen molar-refractivity contribution in [2.75, 3.05) is 9.80 Å². The second-order valence-electron chi connectivity index (χ2n) is 18.4. The van der Waals surface area contributed by atoms with Crippen molar-refractivity contribution in [2.45, 2.75) is 117 Å². The number of benzene rings is 4. The molecule has 2 saturated carbocycles. The highest BCUT2D eigenvalue weighted by atomic mass is 15.2. The first-order valence-electron chi connectivity index (χ1n) is 18.2. The lowest BCUT2D eigenvalue weighted by Gasteiger charge is -2.48. The maximum atomic E-state index is 2.84. The number of hydrogen-bond donors (Lipinski definition) is 0. The summed E-state index contributed by atoms with van der Waals surface area (Å²) < 4.78 is 0. The number of fused-ring (bicyclic) bond motifs is 6. The molecule has 2 heterocycles. The molecule has 0 aromatic heterocycles. The SMILES string of the molecule is Cc1cc2c3c(c1)N(C1CC4CCC1C4)c1ccc(C(C)(C)C)cc1B3c1cc(C(C)(C)C)ccc1N2c1ccc(C(C)(C)C)cc1. The predicted molar refractivity (Wildman–Crippen MR) is 204 cm³/mol. The molecule has 3 heteroatoms. The van der Waals surface area contributed by atoms with E-state index in [0.29, 0.717) is 6.04 Å². The molecular formula is C44H53BN2. The van der Waals surface area contributed by atoms with Crippen LogP contribution in [-0.4, -0.2) is 12.8 Å². The average Bonchev–Trinajstić information content (AvgIpc) is 3.63. The molecule has 0 amide bonds. The van der Waals surface area contributed by atoms with Crippen molar-refractivity contribution in [3.8, 4) is 0 Å². The molecule has 3 unspecified atom stereocenters. The standard InChI is InChI=1S/C44H53BN2/c1-27-21-39-41-40(22-27)47(38-24-28-11-12-29(38)23-28)37-20-16-32(44(8,9)10)26-35(37)45(41)34-25-31(43(5,6)7)15-19-36(34)46(39)33-17-13-30(14-18-33)42(2,3)4/h13-22,25-26,28-29,38H,11-12,23-24H2,1-10H3. The van der Waals surface area contributed by atoms with E-state index in [2.05, 4.69) is 152 Å². The molecule has 8 rings (SSSR count). The maximum absolute atomic E-state index is 2.84. The lowest BCUT2D eigenvalue weighted by atomic mass is 9.33. The summed E-state index contributed by atoms with van der Waals surface area (Å²) >= 11 is 0. The van der Waals surface area contributed by atoms with Crippen molar-refractivity contribution in [3.05, 3.63) is 95.1 Å². The van der Waals surface area contributed by atoms with E-state index >= 15 is 0 Å². The van der Waals surface area contributed by atoms with Gasteiger partial charge in [-0.05, 0) is 129 Å². The minimum Gasteiger partial charge on any atom is -0.339 e. The van der Waals surface area contributed by atoms with Crippen LogP contribution in [0.4, 0.5) is 28.4 Å². The van der Waals surface area contributed by atoms with Gasteiger partial charge in [0.15, 0.2) is 0 Å². The van der Waals surface area contributed by atoms with Gasteiger partial charge < -0.3 is 9.80 Å². The zero-order chi connectivity index (χ0) is 33.2. The van der Waals surface area contributed by atoms with Gasteiger partial charge in [-0.2, -0.15) is 0 Å². The fraction of sp³-hybridized carbons (Fsp3) is 0.455. The van der Waals surface area contributed by atoms with Crippen molar-refractivity contribution < 1.29 is 0 Å². The quantitative estimate of drug-likeness (QED) is 0.181. The fourth-order valence-electron chi connectivity index (χ4n) is 9.38. The van der Waals surface area contributed by atoms with E-state index in [1.54, 1.807) is 0 Å². The zero-order valence-electron chi connectivity index (χ0n) is 30.5. The minimum atomic E-state index is 0.0600. The normalized spacial score (nSPS) is 21.6. The summed E-state index contributed by atoms with van der Waals surface area (Å²) in [5.74, 6) is 1.67. The van der Waals surface area contributed by atoms with Gasteiger partial charge in [0.25, 0.3) is 6.71 Å². The average molecular weight is 621 g/mol. The van der Waals surface area contributed by atoms with Crippen molar-refractivity contribution in [2.24, 2.45) is 11.8 Å². The summed E-state index contributed by atoms with van der Waals surface area (Å²) in [7, 11) is 0. The summed E-state index contributed by atoms with van der Waals surface area (Å²) in [5, 5.41) is 0. The third kappa shape index (κ3) is 4.89. The van der Waals surface area contributed by atoms with Crippen molar-refractivity contribution in [1.29, 1.82) is 0 Å². The van der Waals surface area contributed by atoms with E-state index < -0.39 is 0 Å². The fourth-order valence-corrected chi connectivity index (χ4v) is 9.38.